The van der Waals surface area contributed by atoms with Gasteiger partial charge >= 0.3 is 0 Å². The standard InChI is InChI=1S/C17H25N3O2/c1-6-16(2,3)18-11-14(21)20-13-10-8-7-9-12(13)19-15(22)17(20,4)5/h7-10,18H,6,11H2,1-5H3,(H,19,22). The van der Waals surface area contributed by atoms with Gasteiger partial charge < -0.3 is 10.6 Å². The van der Waals surface area contributed by atoms with Crippen LogP contribution in [0.1, 0.15) is 41.0 Å². The topological polar surface area (TPSA) is 61.4 Å². The first-order valence-electron chi connectivity index (χ1n) is 7.67. The highest BCUT2D eigenvalue weighted by molar-refractivity contribution is 6.14. The number of nitrogens with zero attached hydrogens (tertiary/aromatic N) is 1. The van der Waals surface area contributed by atoms with Crippen LogP contribution in [0.5, 0.6) is 0 Å². The zero-order valence-electron chi connectivity index (χ0n) is 14.0. The second kappa shape index (κ2) is 5.72. The Balaban J connectivity index is 2.30. The molecule has 0 bridgehead atoms. The first-order valence-corrected chi connectivity index (χ1v) is 7.67. The molecule has 0 atom stereocenters. The Hall–Kier alpha value is -1.88. The number of rotatable bonds is 4. The summed E-state index contributed by atoms with van der Waals surface area (Å²) in [7, 11) is 0. The molecule has 1 aromatic rings. The summed E-state index contributed by atoms with van der Waals surface area (Å²) in [6, 6.07) is 7.39. The third kappa shape index (κ3) is 2.99. The molecule has 0 saturated heterocycles. The molecular formula is C17H25N3O2. The van der Waals surface area contributed by atoms with E-state index in [4.69, 9.17) is 0 Å². The molecule has 120 valence electrons. The van der Waals surface area contributed by atoms with Crippen LogP contribution in [0.25, 0.3) is 0 Å². The summed E-state index contributed by atoms with van der Waals surface area (Å²) >= 11 is 0. The van der Waals surface area contributed by atoms with Crippen LogP contribution in [0.2, 0.25) is 0 Å². The molecule has 2 N–H and O–H groups in total. The Morgan fingerprint density at radius 2 is 1.95 bits per heavy atom. The number of fused-ring (bicyclic) bond motifs is 1. The molecule has 0 fully saturated rings. The minimum absolute atomic E-state index is 0.103. The highest BCUT2D eigenvalue weighted by Gasteiger charge is 2.43. The van der Waals surface area contributed by atoms with Crippen LogP contribution in [0.15, 0.2) is 24.3 Å². The molecule has 5 nitrogen and oxygen atoms in total. The molecule has 1 heterocycles. The van der Waals surface area contributed by atoms with E-state index >= 15 is 0 Å². The number of amides is 2. The molecule has 0 radical (unpaired) electrons. The molecule has 5 heteroatoms. The van der Waals surface area contributed by atoms with Gasteiger partial charge in [0.15, 0.2) is 0 Å². The highest BCUT2D eigenvalue weighted by Crippen LogP contribution is 2.36. The lowest BCUT2D eigenvalue weighted by Gasteiger charge is -2.42. The van der Waals surface area contributed by atoms with Crippen LogP contribution in [0.3, 0.4) is 0 Å². The van der Waals surface area contributed by atoms with Crippen LogP contribution in [-0.2, 0) is 9.59 Å². The molecule has 0 spiro atoms. The van der Waals surface area contributed by atoms with Crippen LogP contribution < -0.4 is 15.5 Å². The van der Waals surface area contributed by atoms with Gasteiger partial charge in [-0.3, -0.25) is 14.5 Å². The third-order valence-electron chi connectivity index (χ3n) is 4.36. The summed E-state index contributed by atoms with van der Waals surface area (Å²) in [6.45, 7) is 9.92. The van der Waals surface area contributed by atoms with Gasteiger partial charge in [0, 0.05) is 5.54 Å². The van der Waals surface area contributed by atoms with Crippen molar-refractivity contribution in [3.8, 4) is 0 Å². The second-order valence-electron chi connectivity index (χ2n) is 6.85. The Morgan fingerprint density at radius 3 is 2.59 bits per heavy atom. The smallest absolute Gasteiger partial charge is 0.250 e. The molecule has 0 unspecified atom stereocenters. The lowest BCUT2D eigenvalue weighted by atomic mass is 9.96. The van der Waals surface area contributed by atoms with E-state index in [2.05, 4.69) is 31.4 Å². The van der Waals surface area contributed by atoms with Gasteiger partial charge in [0.2, 0.25) is 11.8 Å². The van der Waals surface area contributed by atoms with E-state index in [9.17, 15) is 9.59 Å². The lowest BCUT2D eigenvalue weighted by Crippen LogP contribution is -2.60. The van der Waals surface area contributed by atoms with Gasteiger partial charge in [0.05, 0.1) is 17.9 Å². The van der Waals surface area contributed by atoms with Gasteiger partial charge in [0.25, 0.3) is 0 Å². The minimum atomic E-state index is -0.913. The molecular weight excluding hydrogens is 278 g/mol. The van der Waals surface area contributed by atoms with E-state index in [1.165, 1.54) is 0 Å². The normalized spacial score (nSPS) is 17.0. The fraction of sp³-hybridized carbons (Fsp3) is 0.529. The van der Waals surface area contributed by atoms with Gasteiger partial charge in [-0.25, -0.2) is 0 Å². The summed E-state index contributed by atoms with van der Waals surface area (Å²) in [4.78, 5) is 26.7. The molecule has 1 aliphatic rings. The van der Waals surface area contributed by atoms with Gasteiger partial charge in [0.1, 0.15) is 5.54 Å². The highest BCUT2D eigenvalue weighted by atomic mass is 16.2. The Bertz CT molecular complexity index is 593. The van der Waals surface area contributed by atoms with Crippen molar-refractivity contribution in [2.24, 2.45) is 0 Å². The minimum Gasteiger partial charge on any atom is -0.322 e. The van der Waals surface area contributed by atoms with Gasteiger partial charge in [-0.2, -0.15) is 0 Å². The van der Waals surface area contributed by atoms with Crippen molar-refractivity contribution >= 4 is 23.2 Å². The summed E-state index contributed by atoms with van der Waals surface area (Å²) in [5, 5.41) is 6.13. The zero-order valence-corrected chi connectivity index (χ0v) is 14.0. The van der Waals surface area contributed by atoms with Crippen LogP contribution in [0, 0.1) is 0 Å². The van der Waals surface area contributed by atoms with E-state index in [0.717, 1.165) is 12.1 Å². The summed E-state index contributed by atoms with van der Waals surface area (Å²) in [5.41, 5.74) is 0.393. The zero-order chi connectivity index (χ0) is 16.5. The number of nitrogens with one attached hydrogen (secondary N) is 2. The Kier molecular flexibility index (Phi) is 4.29. The molecule has 2 amide bonds. The van der Waals surface area contributed by atoms with Gasteiger partial charge in [-0.1, -0.05) is 19.1 Å². The number of anilines is 2. The second-order valence-corrected chi connectivity index (χ2v) is 6.85. The van der Waals surface area contributed by atoms with Crippen LogP contribution in [-0.4, -0.2) is 29.4 Å². The van der Waals surface area contributed by atoms with Crippen molar-refractivity contribution in [3.63, 3.8) is 0 Å². The lowest BCUT2D eigenvalue weighted by molar-refractivity contribution is -0.126. The number of benzene rings is 1. The van der Waals surface area contributed by atoms with E-state index in [1.807, 2.05) is 24.3 Å². The van der Waals surface area contributed by atoms with Crippen LogP contribution >= 0.6 is 0 Å². The van der Waals surface area contributed by atoms with Crippen molar-refractivity contribution in [1.82, 2.24) is 5.32 Å². The molecule has 0 aromatic heterocycles. The van der Waals surface area contributed by atoms with Crippen molar-refractivity contribution in [2.75, 3.05) is 16.8 Å². The predicted molar refractivity (Wildman–Crippen MR) is 89.0 cm³/mol. The molecule has 1 aliphatic heterocycles. The Labute approximate surface area is 132 Å². The average Bonchev–Trinajstić information content (AvgIpc) is 2.46. The first-order chi connectivity index (χ1) is 10.2. The number of para-hydroxylation sites is 2. The van der Waals surface area contributed by atoms with E-state index in [1.54, 1.807) is 18.7 Å². The summed E-state index contributed by atoms with van der Waals surface area (Å²) < 4.78 is 0. The van der Waals surface area contributed by atoms with E-state index in [0.29, 0.717) is 5.69 Å². The molecule has 1 aromatic carbocycles. The molecule has 2 rings (SSSR count). The molecule has 22 heavy (non-hydrogen) atoms. The van der Waals surface area contributed by atoms with Crippen molar-refractivity contribution < 1.29 is 9.59 Å². The fourth-order valence-electron chi connectivity index (χ4n) is 2.42. The van der Waals surface area contributed by atoms with Gasteiger partial charge in [-0.05, 0) is 46.2 Å². The van der Waals surface area contributed by atoms with Gasteiger partial charge in [-0.15, -0.1) is 0 Å². The Morgan fingerprint density at radius 1 is 1.32 bits per heavy atom. The summed E-state index contributed by atoms with van der Waals surface area (Å²) in [6.07, 6.45) is 0.917. The third-order valence-corrected chi connectivity index (χ3v) is 4.36. The fourth-order valence-corrected chi connectivity index (χ4v) is 2.42. The number of hydrogen-bond acceptors (Lipinski definition) is 3. The number of carbonyl (C=O) groups is 2. The SMILES string of the molecule is CCC(C)(C)NCC(=O)N1c2ccccc2NC(=O)C1(C)C. The number of hydrogen-bond donors (Lipinski definition) is 2. The molecule has 0 aliphatic carbocycles. The predicted octanol–water partition coefficient (Wildman–Crippen LogP) is 2.53. The van der Waals surface area contributed by atoms with E-state index < -0.39 is 5.54 Å². The van der Waals surface area contributed by atoms with Crippen molar-refractivity contribution in [2.45, 2.75) is 52.1 Å². The summed E-state index contributed by atoms with van der Waals surface area (Å²) in [5.74, 6) is -0.275. The van der Waals surface area contributed by atoms with E-state index in [-0.39, 0.29) is 23.9 Å². The maximum absolute atomic E-state index is 12.8. The number of carbonyl (C=O) groups excluding carboxylic acids is 2. The molecule has 0 saturated carbocycles. The maximum Gasteiger partial charge on any atom is 0.250 e. The maximum atomic E-state index is 12.8. The average molecular weight is 303 g/mol. The van der Waals surface area contributed by atoms with Crippen molar-refractivity contribution in [3.05, 3.63) is 24.3 Å². The monoisotopic (exact) mass is 303 g/mol. The first kappa shape index (κ1) is 16.5. The largest absolute Gasteiger partial charge is 0.322 e. The van der Waals surface area contributed by atoms with Crippen LogP contribution in [0.4, 0.5) is 11.4 Å². The quantitative estimate of drug-likeness (QED) is 0.898. The van der Waals surface area contributed by atoms with Crippen molar-refractivity contribution in [1.29, 1.82) is 0 Å².